The molecule has 2 aromatic rings. The lowest BCUT2D eigenvalue weighted by atomic mass is 10.1. The van der Waals surface area contributed by atoms with Crippen LogP contribution >= 0.6 is 0 Å². The minimum Gasteiger partial charge on any atom is -0.428 e. The smallest absolute Gasteiger partial charge is 0.314 e. The Hall–Kier alpha value is -2.54. The molecule has 1 unspecified atom stereocenters. The summed E-state index contributed by atoms with van der Waals surface area (Å²) in [5, 5.41) is 14.0. The first-order chi connectivity index (χ1) is 10.0. The molecule has 1 aromatic heterocycles. The van der Waals surface area contributed by atoms with Gasteiger partial charge in [0, 0.05) is 23.9 Å². The number of aromatic nitrogens is 1. The summed E-state index contributed by atoms with van der Waals surface area (Å²) in [7, 11) is 1.76. The van der Waals surface area contributed by atoms with Gasteiger partial charge in [0.2, 0.25) is 11.6 Å². The number of benzene rings is 1. The second kappa shape index (κ2) is 6.27. The molecular formula is C14H14FN3O3. The highest BCUT2D eigenvalue weighted by molar-refractivity contribution is 5.49. The van der Waals surface area contributed by atoms with E-state index in [1.807, 2.05) is 6.92 Å². The van der Waals surface area contributed by atoms with E-state index in [0.717, 1.165) is 6.07 Å². The minimum absolute atomic E-state index is 0.0977. The predicted octanol–water partition coefficient (Wildman–Crippen LogP) is 3.20. The Morgan fingerprint density at radius 2 is 2.14 bits per heavy atom. The van der Waals surface area contributed by atoms with Crippen molar-refractivity contribution in [2.24, 2.45) is 0 Å². The molecule has 0 saturated carbocycles. The summed E-state index contributed by atoms with van der Waals surface area (Å²) in [4.78, 5) is 14.3. The van der Waals surface area contributed by atoms with E-state index in [1.165, 1.54) is 18.3 Å². The van der Waals surface area contributed by atoms with Gasteiger partial charge in [-0.1, -0.05) is 12.1 Å². The van der Waals surface area contributed by atoms with Gasteiger partial charge in [-0.15, -0.1) is 0 Å². The van der Waals surface area contributed by atoms with Crippen molar-refractivity contribution in [2.45, 2.75) is 13.0 Å². The van der Waals surface area contributed by atoms with Gasteiger partial charge in [0.25, 0.3) is 0 Å². The van der Waals surface area contributed by atoms with Crippen LogP contribution in [0.1, 0.15) is 18.5 Å². The quantitative estimate of drug-likeness (QED) is 0.676. The van der Waals surface area contributed by atoms with Gasteiger partial charge in [-0.25, -0.2) is 9.37 Å². The van der Waals surface area contributed by atoms with Crippen molar-refractivity contribution in [1.82, 2.24) is 10.3 Å². The topological polar surface area (TPSA) is 77.3 Å². The zero-order valence-electron chi connectivity index (χ0n) is 11.5. The molecule has 1 heterocycles. The monoisotopic (exact) mass is 291 g/mol. The number of hydrogen-bond acceptors (Lipinski definition) is 5. The third-order valence-corrected chi connectivity index (χ3v) is 3.04. The molecular weight excluding hydrogens is 277 g/mol. The minimum atomic E-state index is -0.807. The lowest BCUT2D eigenvalue weighted by molar-refractivity contribution is -0.385. The van der Waals surface area contributed by atoms with Crippen molar-refractivity contribution >= 4 is 5.69 Å². The molecule has 0 amide bonds. The summed E-state index contributed by atoms with van der Waals surface area (Å²) in [6, 6.07) is 6.92. The number of nitro groups is 1. The lowest BCUT2D eigenvalue weighted by Crippen LogP contribution is -2.13. The molecule has 1 N–H and O–H groups in total. The fourth-order valence-electron chi connectivity index (χ4n) is 1.81. The molecule has 1 atom stereocenters. The standard InChI is InChI=1S/C14H14FN3O3/c1-9(16-2)10-5-4-8-17-14(10)21-13-11(15)6-3-7-12(13)18(19)20/h3-9,16H,1-2H3. The van der Waals surface area contributed by atoms with Crippen molar-refractivity contribution in [3.05, 3.63) is 58.0 Å². The zero-order valence-corrected chi connectivity index (χ0v) is 11.5. The molecule has 0 bridgehead atoms. The van der Waals surface area contributed by atoms with E-state index >= 15 is 0 Å². The first kappa shape index (κ1) is 14.9. The zero-order chi connectivity index (χ0) is 15.4. The van der Waals surface area contributed by atoms with Gasteiger partial charge in [-0.2, -0.15) is 0 Å². The van der Waals surface area contributed by atoms with E-state index in [-0.39, 0.29) is 11.9 Å². The second-order valence-corrected chi connectivity index (χ2v) is 4.36. The average molecular weight is 291 g/mol. The van der Waals surface area contributed by atoms with E-state index in [4.69, 9.17) is 4.74 Å². The maximum absolute atomic E-state index is 13.8. The summed E-state index contributed by atoms with van der Waals surface area (Å²) in [5.41, 5.74) is 0.237. The van der Waals surface area contributed by atoms with Gasteiger partial charge in [-0.05, 0) is 26.1 Å². The number of pyridine rings is 1. The Bertz CT molecular complexity index is 664. The Morgan fingerprint density at radius 3 is 2.81 bits per heavy atom. The van der Waals surface area contributed by atoms with Gasteiger partial charge in [0.05, 0.1) is 4.92 Å². The highest BCUT2D eigenvalue weighted by atomic mass is 19.1. The van der Waals surface area contributed by atoms with Crippen LogP contribution in [0.25, 0.3) is 0 Å². The molecule has 0 aliphatic heterocycles. The van der Waals surface area contributed by atoms with Gasteiger partial charge >= 0.3 is 5.69 Å². The van der Waals surface area contributed by atoms with Crippen LogP contribution in [-0.2, 0) is 0 Å². The number of ether oxygens (including phenoxy) is 1. The number of nitrogens with one attached hydrogen (secondary N) is 1. The average Bonchev–Trinajstić information content (AvgIpc) is 2.48. The van der Waals surface area contributed by atoms with Crippen LogP contribution in [0.4, 0.5) is 10.1 Å². The maximum atomic E-state index is 13.8. The van der Waals surface area contributed by atoms with E-state index < -0.39 is 22.2 Å². The SMILES string of the molecule is CNC(C)c1cccnc1Oc1c(F)cccc1[N+](=O)[O-]. The van der Waals surface area contributed by atoms with E-state index in [2.05, 4.69) is 10.3 Å². The summed E-state index contributed by atoms with van der Waals surface area (Å²) < 4.78 is 19.2. The molecule has 0 aliphatic rings. The normalized spacial score (nSPS) is 12.0. The molecule has 0 spiro atoms. The highest BCUT2D eigenvalue weighted by Crippen LogP contribution is 2.35. The molecule has 110 valence electrons. The Kier molecular flexibility index (Phi) is 4.44. The number of para-hydroxylation sites is 1. The van der Waals surface area contributed by atoms with Gasteiger partial charge in [0.15, 0.2) is 5.82 Å². The van der Waals surface area contributed by atoms with E-state index in [0.29, 0.717) is 5.56 Å². The third kappa shape index (κ3) is 3.14. The van der Waals surface area contributed by atoms with Crippen molar-refractivity contribution in [2.75, 3.05) is 7.05 Å². The van der Waals surface area contributed by atoms with Crippen LogP contribution in [0.5, 0.6) is 11.6 Å². The summed E-state index contributed by atoms with van der Waals surface area (Å²) in [6.45, 7) is 1.87. The number of nitro benzene ring substituents is 1. The van der Waals surface area contributed by atoms with E-state index in [9.17, 15) is 14.5 Å². The summed E-state index contributed by atoms with van der Waals surface area (Å²) in [6.07, 6.45) is 1.48. The Balaban J connectivity index is 2.46. The third-order valence-electron chi connectivity index (χ3n) is 3.04. The summed E-state index contributed by atoms with van der Waals surface area (Å²) >= 11 is 0. The number of halogens is 1. The number of rotatable bonds is 5. The first-order valence-corrected chi connectivity index (χ1v) is 6.27. The van der Waals surface area contributed by atoms with Crippen LogP contribution in [0.2, 0.25) is 0 Å². The molecule has 0 fully saturated rings. The van der Waals surface area contributed by atoms with Gasteiger partial charge in [-0.3, -0.25) is 10.1 Å². The van der Waals surface area contributed by atoms with Crippen LogP contribution in [0, 0.1) is 15.9 Å². The molecule has 0 radical (unpaired) electrons. The van der Waals surface area contributed by atoms with E-state index in [1.54, 1.807) is 19.2 Å². The predicted molar refractivity (Wildman–Crippen MR) is 74.8 cm³/mol. The molecule has 1 aromatic carbocycles. The van der Waals surface area contributed by atoms with Crippen LogP contribution in [-0.4, -0.2) is 17.0 Å². The molecule has 21 heavy (non-hydrogen) atoms. The summed E-state index contributed by atoms with van der Waals surface area (Å²) in [5.74, 6) is -1.11. The van der Waals surface area contributed by atoms with Crippen LogP contribution in [0.15, 0.2) is 36.5 Å². The number of hydrogen-bond donors (Lipinski definition) is 1. The van der Waals surface area contributed by atoms with Crippen LogP contribution in [0.3, 0.4) is 0 Å². The fourth-order valence-corrected chi connectivity index (χ4v) is 1.81. The van der Waals surface area contributed by atoms with Crippen molar-refractivity contribution < 1.29 is 14.1 Å². The van der Waals surface area contributed by atoms with Crippen LogP contribution < -0.4 is 10.1 Å². The highest BCUT2D eigenvalue weighted by Gasteiger charge is 2.22. The van der Waals surface area contributed by atoms with Crippen molar-refractivity contribution in [3.63, 3.8) is 0 Å². The van der Waals surface area contributed by atoms with Crippen molar-refractivity contribution in [3.8, 4) is 11.6 Å². The molecule has 6 nitrogen and oxygen atoms in total. The number of nitrogens with zero attached hydrogens (tertiary/aromatic N) is 2. The Labute approximate surface area is 120 Å². The largest absolute Gasteiger partial charge is 0.428 e. The van der Waals surface area contributed by atoms with Crippen molar-refractivity contribution in [1.29, 1.82) is 0 Å². The Morgan fingerprint density at radius 1 is 1.38 bits per heavy atom. The molecule has 7 heteroatoms. The molecule has 0 aliphatic carbocycles. The van der Waals surface area contributed by atoms with Gasteiger partial charge in [0.1, 0.15) is 0 Å². The van der Waals surface area contributed by atoms with Gasteiger partial charge < -0.3 is 10.1 Å². The first-order valence-electron chi connectivity index (χ1n) is 6.27. The lowest BCUT2D eigenvalue weighted by Gasteiger charge is -2.15. The fraction of sp³-hybridized carbons (Fsp3) is 0.214. The molecule has 0 saturated heterocycles. The maximum Gasteiger partial charge on any atom is 0.314 e. The second-order valence-electron chi connectivity index (χ2n) is 4.36. The molecule has 2 rings (SSSR count).